The summed E-state index contributed by atoms with van der Waals surface area (Å²) in [5, 5.41) is 9.26. The van der Waals surface area contributed by atoms with Crippen LogP contribution < -0.4 is 5.32 Å². The minimum atomic E-state index is -0.175. The average Bonchev–Trinajstić information content (AvgIpc) is 2.90. The van der Waals surface area contributed by atoms with Gasteiger partial charge in [0.1, 0.15) is 12.2 Å². The highest BCUT2D eigenvalue weighted by molar-refractivity contribution is 6.27. The van der Waals surface area contributed by atoms with Gasteiger partial charge in [0, 0.05) is 12.1 Å². The number of alkyl halides is 1. The van der Waals surface area contributed by atoms with Gasteiger partial charge in [0.15, 0.2) is 5.82 Å². The van der Waals surface area contributed by atoms with Gasteiger partial charge in [0.25, 0.3) is 0 Å². The first kappa shape index (κ1) is 11.6. The Balaban J connectivity index is 2.01. The molecule has 5 nitrogen and oxygen atoms in total. The highest BCUT2D eigenvalue weighted by Crippen LogP contribution is 2.14. The molecule has 1 aromatic carbocycles. The largest absolute Gasteiger partial charge is 0.351 e. The fraction of sp³-hybridized carbons (Fsp3) is 0.182. The Bertz CT molecular complexity index is 481. The van der Waals surface area contributed by atoms with Gasteiger partial charge in [-0.1, -0.05) is 24.3 Å². The minimum Gasteiger partial charge on any atom is -0.351 e. The van der Waals surface area contributed by atoms with E-state index < -0.39 is 0 Å². The van der Waals surface area contributed by atoms with Gasteiger partial charge < -0.3 is 5.32 Å². The number of benzene rings is 1. The van der Waals surface area contributed by atoms with Crippen molar-refractivity contribution in [1.82, 2.24) is 20.5 Å². The molecule has 17 heavy (non-hydrogen) atoms. The predicted molar refractivity (Wildman–Crippen MR) is 64.4 cm³/mol. The van der Waals surface area contributed by atoms with Crippen molar-refractivity contribution in [2.75, 3.05) is 5.88 Å². The van der Waals surface area contributed by atoms with E-state index in [9.17, 15) is 4.79 Å². The van der Waals surface area contributed by atoms with E-state index in [1.54, 1.807) is 0 Å². The molecule has 88 valence electrons. The number of H-pyrrole nitrogens is 1. The van der Waals surface area contributed by atoms with Crippen molar-refractivity contribution in [2.24, 2.45) is 0 Å². The highest BCUT2D eigenvalue weighted by atomic mass is 35.5. The maximum atomic E-state index is 11.0. The summed E-state index contributed by atoms with van der Waals surface area (Å²) in [7, 11) is 0. The third kappa shape index (κ3) is 3.04. The van der Waals surface area contributed by atoms with E-state index in [-0.39, 0.29) is 11.8 Å². The summed E-state index contributed by atoms with van der Waals surface area (Å²) in [6, 6.07) is 7.68. The second-order valence-electron chi connectivity index (χ2n) is 3.44. The van der Waals surface area contributed by atoms with Crippen molar-refractivity contribution in [2.45, 2.75) is 6.54 Å². The molecular formula is C11H11ClN4O. The molecule has 2 aromatic rings. The second-order valence-corrected chi connectivity index (χ2v) is 3.71. The Morgan fingerprint density at radius 3 is 2.71 bits per heavy atom. The quantitative estimate of drug-likeness (QED) is 0.804. The van der Waals surface area contributed by atoms with Crippen molar-refractivity contribution in [3.8, 4) is 11.4 Å². The molecule has 0 bridgehead atoms. The maximum Gasteiger partial charge on any atom is 0.235 e. The van der Waals surface area contributed by atoms with E-state index in [1.807, 2.05) is 24.3 Å². The summed E-state index contributed by atoms with van der Waals surface area (Å²) in [6.07, 6.45) is 1.46. The normalized spacial score (nSPS) is 10.2. The summed E-state index contributed by atoms with van der Waals surface area (Å²) in [4.78, 5) is 15.0. The minimum absolute atomic E-state index is 0.0177. The number of carbonyl (C=O) groups is 1. The van der Waals surface area contributed by atoms with E-state index in [2.05, 4.69) is 20.5 Å². The van der Waals surface area contributed by atoms with Crippen LogP contribution in [0.15, 0.2) is 30.6 Å². The van der Waals surface area contributed by atoms with Gasteiger partial charge in [0.05, 0.1) is 0 Å². The van der Waals surface area contributed by atoms with Crippen molar-refractivity contribution in [3.05, 3.63) is 36.2 Å². The first-order valence-corrected chi connectivity index (χ1v) is 5.60. The molecule has 0 saturated heterocycles. The molecule has 1 amide bonds. The molecule has 1 aromatic heterocycles. The Morgan fingerprint density at radius 2 is 2.12 bits per heavy atom. The van der Waals surface area contributed by atoms with Crippen LogP contribution >= 0.6 is 11.6 Å². The highest BCUT2D eigenvalue weighted by Gasteiger charge is 2.01. The number of halogens is 1. The third-order valence-electron chi connectivity index (χ3n) is 2.25. The number of rotatable bonds is 4. The second kappa shape index (κ2) is 5.45. The lowest BCUT2D eigenvalue weighted by molar-refractivity contribution is -0.118. The molecule has 0 aliphatic carbocycles. The fourth-order valence-electron chi connectivity index (χ4n) is 1.37. The summed E-state index contributed by atoms with van der Waals surface area (Å²) in [6.45, 7) is 0.474. The summed E-state index contributed by atoms with van der Waals surface area (Å²) < 4.78 is 0. The van der Waals surface area contributed by atoms with Crippen LogP contribution in [0.25, 0.3) is 11.4 Å². The third-order valence-corrected chi connectivity index (χ3v) is 2.50. The Hall–Kier alpha value is -1.88. The monoisotopic (exact) mass is 250 g/mol. The van der Waals surface area contributed by atoms with Gasteiger partial charge in [-0.2, -0.15) is 5.10 Å². The van der Waals surface area contributed by atoms with Crippen LogP contribution in [0.2, 0.25) is 0 Å². The Kier molecular flexibility index (Phi) is 3.72. The van der Waals surface area contributed by atoms with Crippen molar-refractivity contribution >= 4 is 17.5 Å². The molecule has 0 fully saturated rings. The number of hydrogen-bond donors (Lipinski definition) is 2. The first-order chi connectivity index (χ1) is 8.29. The zero-order valence-corrected chi connectivity index (χ0v) is 9.74. The SMILES string of the molecule is O=C(CCl)NCc1ccc(-c2ncn[nH]2)cc1. The van der Waals surface area contributed by atoms with E-state index in [1.165, 1.54) is 6.33 Å². The van der Waals surface area contributed by atoms with Gasteiger partial charge in [-0.25, -0.2) is 4.98 Å². The van der Waals surface area contributed by atoms with Gasteiger partial charge in [-0.15, -0.1) is 11.6 Å². The Labute approximate surface area is 103 Å². The van der Waals surface area contributed by atoms with Crippen LogP contribution in [-0.2, 0) is 11.3 Å². The zero-order valence-electron chi connectivity index (χ0n) is 8.98. The maximum absolute atomic E-state index is 11.0. The van der Waals surface area contributed by atoms with E-state index in [0.29, 0.717) is 6.54 Å². The molecule has 0 atom stereocenters. The van der Waals surface area contributed by atoms with Crippen molar-refractivity contribution < 1.29 is 4.79 Å². The van der Waals surface area contributed by atoms with Crippen LogP contribution in [0.3, 0.4) is 0 Å². The standard InChI is InChI=1S/C11H11ClN4O/c12-5-10(17)13-6-8-1-3-9(4-2-8)11-14-7-15-16-11/h1-4,7H,5-6H2,(H,13,17)(H,14,15,16). The molecule has 0 aliphatic heterocycles. The zero-order chi connectivity index (χ0) is 12.1. The van der Waals surface area contributed by atoms with Gasteiger partial charge in [-0.05, 0) is 5.56 Å². The lowest BCUT2D eigenvalue weighted by atomic mass is 10.1. The first-order valence-electron chi connectivity index (χ1n) is 5.07. The number of aromatic nitrogens is 3. The van der Waals surface area contributed by atoms with Gasteiger partial charge >= 0.3 is 0 Å². The number of carbonyl (C=O) groups excluding carboxylic acids is 1. The van der Waals surface area contributed by atoms with Crippen LogP contribution in [0.5, 0.6) is 0 Å². The summed E-state index contributed by atoms with van der Waals surface area (Å²) in [5.41, 5.74) is 1.96. The smallest absolute Gasteiger partial charge is 0.235 e. The van der Waals surface area contributed by atoms with Crippen LogP contribution in [0.1, 0.15) is 5.56 Å². The van der Waals surface area contributed by atoms with Crippen molar-refractivity contribution in [3.63, 3.8) is 0 Å². The fourth-order valence-corrected chi connectivity index (χ4v) is 1.47. The number of aromatic amines is 1. The summed E-state index contributed by atoms with van der Waals surface area (Å²) in [5.74, 6) is 0.531. The van der Waals surface area contributed by atoms with E-state index >= 15 is 0 Å². The molecule has 0 unspecified atom stereocenters. The van der Waals surface area contributed by atoms with E-state index in [0.717, 1.165) is 17.0 Å². The number of hydrogen-bond acceptors (Lipinski definition) is 3. The molecule has 0 aliphatic rings. The molecule has 1 heterocycles. The molecule has 0 saturated carbocycles. The molecule has 6 heteroatoms. The van der Waals surface area contributed by atoms with E-state index in [4.69, 9.17) is 11.6 Å². The van der Waals surface area contributed by atoms with Crippen LogP contribution in [0, 0.1) is 0 Å². The molecular weight excluding hydrogens is 240 g/mol. The lowest BCUT2D eigenvalue weighted by Gasteiger charge is -2.03. The Morgan fingerprint density at radius 1 is 1.35 bits per heavy atom. The predicted octanol–water partition coefficient (Wildman–Crippen LogP) is 1.33. The van der Waals surface area contributed by atoms with Gasteiger partial charge in [0.2, 0.25) is 5.91 Å². The topological polar surface area (TPSA) is 70.7 Å². The molecule has 2 N–H and O–H groups in total. The summed E-state index contributed by atoms with van der Waals surface area (Å²) >= 11 is 5.38. The molecule has 0 spiro atoms. The average molecular weight is 251 g/mol. The van der Waals surface area contributed by atoms with Gasteiger partial charge in [-0.3, -0.25) is 9.89 Å². The number of nitrogens with zero attached hydrogens (tertiary/aromatic N) is 2. The van der Waals surface area contributed by atoms with Crippen LogP contribution in [0.4, 0.5) is 0 Å². The molecule has 0 radical (unpaired) electrons. The number of amides is 1. The number of nitrogens with one attached hydrogen (secondary N) is 2. The van der Waals surface area contributed by atoms with Crippen LogP contribution in [-0.4, -0.2) is 27.0 Å². The molecule has 2 rings (SSSR count). The van der Waals surface area contributed by atoms with Crippen molar-refractivity contribution in [1.29, 1.82) is 0 Å². The lowest BCUT2D eigenvalue weighted by Crippen LogP contribution is -2.23.